The number of halogens is 1. The monoisotopic (exact) mass is 312 g/mol. The Hall–Kier alpha value is -0.280. The Morgan fingerprint density at radius 3 is 2.65 bits per heavy atom. The minimum atomic E-state index is 0.299. The van der Waals surface area contributed by atoms with Crippen LogP contribution < -0.4 is 0 Å². The molecular formula is C14H17BrOS. The second kappa shape index (κ2) is 6.60. The van der Waals surface area contributed by atoms with Crippen molar-refractivity contribution >= 4 is 32.8 Å². The number of rotatable bonds is 3. The van der Waals surface area contributed by atoms with Gasteiger partial charge in [0.25, 0.3) is 0 Å². The molecule has 0 N–H and O–H groups in total. The molecule has 1 nitrogen and oxygen atoms in total. The molecule has 0 saturated heterocycles. The molecule has 2 atom stereocenters. The predicted octanol–water partition coefficient (Wildman–Crippen LogP) is 4.20. The Morgan fingerprint density at radius 1 is 1.24 bits per heavy atom. The van der Waals surface area contributed by atoms with Crippen LogP contribution in [0.2, 0.25) is 0 Å². The van der Waals surface area contributed by atoms with E-state index in [0.29, 0.717) is 21.6 Å². The molecule has 0 bridgehead atoms. The van der Waals surface area contributed by atoms with Crippen LogP contribution >= 0.6 is 27.7 Å². The van der Waals surface area contributed by atoms with Crippen LogP contribution in [0.4, 0.5) is 0 Å². The Bertz CT molecular complexity index is 366. The van der Waals surface area contributed by atoms with E-state index in [0.717, 1.165) is 5.56 Å². The molecule has 0 spiro atoms. The van der Waals surface area contributed by atoms with Gasteiger partial charge in [-0.05, 0) is 18.4 Å². The fourth-order valence-electron chi connectivity index (χ4n) is 2.16. The van der Waals surface area contributed by atoms with Crippen LogP contribution in [0.1, 0.15) is 31.2 Å². The number of carbonyl (C=O) groups excluding carboxylic acids is 1. The van der Waals surface area contributed by atoms with E-state index in [1.807, 2.05) is 30.3 Å². The van der Waals surface area contributed by atoms with E-state index in [9.17, 15) is 4.79 Å². The van der Waals surface area contributed by atoms with Gasteiger partial charge in [-0.25, -0.2) is 0 Å². The molecule has 1 saturated carbocycles. The number of hydrogen-bond donors (Lipinski definition) is 0. The van der Waals surface area contributed by atoms with Crippen molar-refractivity contribution in [3.8, 4) is 0 Å². The quantitative estimate of drug-likeness (QED) is 0.778. The van der Waals surface area contributed by atoms with Gasteiger partial charge in [-0.2, -0.15) is 0 Å². The average Bonchev–Trinajstić information content (AvgIpc) is 2.33. The molecule has 0 amide bonds. The average molecular weight is 313 g/mol. The molecule has 2 rings (SSSR count). The van der Waals surface area contributed by atoms with E-state index in [4.69, 9.17) is 0 Å². The standard InChI is InChI=1S/C14H17BrOS/c15-12-8-4-5-9-13(12)17-14(16)10-11-6-2-1-3-7-11/h1-3,6-7,12-13H,4-5,8-10H2/t12-,13-/m0/s1. The molecule has 1 fully saturated rings. The van der Waals surface area contributed by atoms with Gasteiger partial charge in [0.2, 0.25) is 0 Å². The van der Waals surface area contributed by atoms with Gasteiger partial charge in [0.1, 0.15) is 0 Å². The molecule has 92 valence electrons. The number of hydrogen-bond acceptors (Lipinski definition) is 2. The summed E-state index contributed by atoms with van der Waals surface area (Å²) >= 11 is 5.23. The zero-order valence-corrected chi connectivity index (χ0v) is 12.2. The molecule has 0 radical (unpaired) electrons. The number of alkyl halides is 1. The molecule has 0 aromatic heterocycles. The van der Waals surface area contributed by atoms with Gasteiger partial charge in [-0.15, -0.1) is 0 Å². The molecule has 0 aliphatic heterocycles. The molecule has 1 aromatic rings. The van der Waals surface area contributed by atoms with E-state index in [2.05, 4.69) is 15.9 Å². The zero-order valence-electron chi connectivity index (χ0n) is 9.77. The lowest BCUT2D eigenvalue weighted by Crippen LogP contribution is -2.23. The first-order valence-corrected chi connectivity index (χ1v) is 7.93. The summed E-state index contributed by atoms with van der Waals surface area (Å²) in [5.41, 5.74) is 1.12. The third-order valence-electron chi connectivity index (χ3n) is 3.10. The van der Waals surface area contributed by atoms with Gasteiger partial charge >= 0.3 is 0 Å². The maximum absolute atomic E-state index is 12.0. The summed E-state index contributed by atoms with van der Waals surface area (Å²) in [5, 5.41) is 0.771. The summed E-state index contributed by atoms with van der Waals surface area (Å²) in [7, 11) is 0. The minimum absolute atomic E-state index is 0.299. The van der Waals surface area contributed by atoms with Crippen LogP contribution in [0.3, 0.4) is 0 Å². The first kappa shape index (κ1) is 13.2. The molecule has 1 aliphatic carbocycles. The third-order valence-corrected chi connectivity index (χ3v) is 5.82. The van der Waals surface area contributed by atoms with Gasteiger partial charge in [-0.1, -0.05) is 70.9 Å². The second-order valence-corrected chi connectivity index (χ2v) is 6.96. The maximum atomic E-state index is 12.0. The topological polar surface area (TPSA) is 17.1 Å². The highest BCUT2D eigenvalue weighted by Gasteiger charge is 2.25. The molecule has 0 unspecified atom stereocenters. The van der Waals surface area contributed by atoms with Gasteiger partial charge in [0.05, 0.1) is 0 Å². The first-order valence-electron chi connectivity index (χ1n) is 6.13. The number of carbonyl (C=O) groups is 1. The third kappa shape index (κ3) is 4.14. The number of benzene rings is 1. The lowest BCUT2D eigenvalue weighted by atomic mass is 10.0. The van der Waals surface area contributed by atoms with Gasteiger partial charge in [-0.3, -0.25) is 4.79 Å². The van der Waals surface area contributed by atoms with Gasteiger partial charge < -0.3 is 0 Å². The van der Waals surface area contributed by atoms with E-state index in [1.54, 1.807) is 0 Å². The number of thioether (sulfide) groups is 1. The highest BCUT2D eigenvalue weighted by Crippen LogP contribution is 2.34. The lowest BCUT2D eigenvalue weighted by molar-refractivity contribution is -0.110. The molecule has 1 aliphatic rings. The van der Waals surface area contributed by atoms with E-state index in [-0.39, 0.29) is 0 Å². The summed E-state index contributed by atoms with van der Waals surface area (Å²) < 4.78 is 0. The fourth-order valence-corrected chi connectivity index (χ4v) is 4.23. The van der Waals surface area contributed by atoms with Gasteiger partial charge in [0.15, 0.2) is 5.12 Å². The van der Waals surface area contributed by atoms with Crippen molar-refractivity contribution in [3.63, 3.8) is 0 Å². The SMILES string of the molecule is O=C(Cc1ccccc1)S[C@H]1CCCC[C@@H]1Br. The van der Waals surface area contributed by atoms with Crippen LogP contribution in [0.5, 0.6) is 0 Å². The summed E-state index contributed by atoms with van der Waals surface area (Å²) in [6.45, 7) is 0. The molecule has 3 heteroatoms. The predicted molar refractivity (Wildman–Crippen MR) is 77.7 cm³/mol. The highest BCUT2D eigenvalue weighted by molar-refractivity contribution is 9.09. The van der Waals surface area contributed by atoms with Crippen molar-refractivity contribution in [2.45, 2.75) is 42.2 Å². The van der Waals surface area contributed by atoms with E-state index < -0.39 is 0 Å². The lowest BCUT2D eigenvalue weighted by Gasteiger charge is -2.25. The summed E-state index contributed by atoms with van der Waals surface area (Å²) in [5.74, 6) is 0. The zero-order chi connectivity index (χ0) is 12.1. The fraction of sp³-hybridized carbons (Fsp3) is 0.500. The van der Waals surface area contributed by atoms with Crippen LogP contribution in [0, 0.1) is 0 Å². The van der Waals surface area contributed by atoms with Crippen molar-refractivity contribution < 1.29 is 4.79 Å². The van der Waals surface area contributed by atoms with E-state index in [1.165, 1.54) is 37.4 Å². The Balaban J connectivity index is 1.84. The normalized spacial score (nSPS) is 24.5. The Morgan fingerprint density at radius 2 is 1.94 bits per heavy atom. The summed E-state index contributed by atoms with van der Waals surface area (Å²) in [6, 6.07) is 10.00. The van der Waals surface area contributed by atoms with Gasteiger partial charge in [0, 0.05) is 16.5 Å². The van der Waals surface area contributed by atoms with Crippen molar-refractivity contribution in [3.05, 3.63) is 35.9 Å². The highest BCUT2D eigenvalue weighted by atomic mass is 79.9. The largest absolute Gasteiger partial charge is 0.287 e. The minimum Gasteiger partial charge on any atom is -0.287 e. The van der Waals surface area contributed by atoms with Crippen LogP contribution in [0.15, 0.2) is 30.3 Å². The summed E-state index contributed by atoms with van der Waals surface area (Å²) in [6.07, 6.45) is 5.48. The van der Waals surface area contributed by atoms with E-state index >= 15 is 0 Å². The maximum Gasteiger partial charge on any atom is 0.193 e. The van der Waals surface area contributed by atoms with Crippen LogP contribution in [-0.4, -0.2) is 15.2 Å². The first-order chi connectivity index (χ1) is 8.25. The molecule has 0 heterocycles. The van der Waals surface area contributed by atoms with Crippen LogP contribution in [-0.2, 0) is 11.2 Å². The molecule has 1 aromatic carbocycles. The summed E-state index contributed by atoms with van der Waals surface area (Å²) in [4.78, 5) is 12.5. The smallest absolute Gasteiger partial charge is 0.193 e. The molecular weight excluding hydrogens is 296 g/mol. The molecule has 17 heavy (non-hydrogen) atoms. The van der Waals surface area contributed by atoms with Crippen molar-refractivity contribution in [2.75, 3.05) is 0 Å². The van der Waals surface area contributed by atoms with Crippen LogP contribution in [0.25, 0.3) is 0 Å². The second-order valence-electron chi connectivity index (χ2n) is 4.49. The van der Waals surface area contributed by atoms with Crippen molar-refractivity contribution in [2.24, 2.45) is 0 Å². The van der Waals surface area contributed by atoms with Crippen molar-refractivity contribution in [1.82, 2.24) is 0 Å². The Labute approximate surface area is 115 Å². The van der Waals surface area contributed by atoms with Crippen molar-refractivity contribution in [1.29, 1.82) is 0 Å². The Kier molecular flexibility index (Phi) is 5.11.